The Hall–Kier alpha value is -2.08. The smallest absolute Gasteiger partial charge is 0.418 e. The van der Waals surface area contributed by atoms with Gasteiger partial charge in [-0.2, -0.15) is 13.2 Å². The van der Waals surface area contributed by atoms with E-state index in [1.807, 2.05) is 13.0 Å². The van der Waals surface area contributed by atoms with Crippen molar-refractivity contribution < 1.29 is 17.9 Å². The molecule has 2 heterocycles. The molecular formula is C16H15F3N2O. The van der Waals surface area contributed by atoms with E-state index in [4.69, 9.17) is 10.5 Å². The van der Waals surface area contributed by atoms with Crippen LogP contribution in [0, 0.1) is 6.92 Å². The molecule has 0 fully saturated rings. The Morgan fingerprint density at radius 3 is 2.82 bits per heavy atom. The van der Waals surface area contributed by atoms with Crippen LogP contribution in [0.15, 0.2) is 30.5 Å². The van der Waals surface area contributed by atoms with Crippen LogP contribution in [0.5, 0.6) is 5.75 Å². The van der Waals surface area contributed by atoms with Crippen molar-refractivity contribution in [3.8, 4) is 17.0 Å². The van der Waals surface area contributed by atoms with E-state index in [0.29, 0.717) is 24.3 Å². The zero-order chi connectivity index (χ0) is 15.9. The van der Waals surface area contributed by atoms with Gasteiger partial charge < -0.3 is 10.5 Å². The average molecular weight is 308 g/mol. The number of nitrogens with zero attached hydrogens (tertiary/aromatic N) is 1. The molecule has 0 amide bonds. The highest BCUT2D eigenvalue weighted by Crippen LogP contribution is 2.43. The summed E-state index contributed by atoms with van der Waals surface area (Å²) in [5, 5.41) is 0. The van der Waals surface area contributed by atoms with Crippen molar-refractivity contribution >= 4 is 0 Å². The second-order valence-corrected chi connectivity index (χ2v) is 5.38. The maximum Gasteiger partial charge on any atom is 0.418 e. The van der Waals surface area contributed by atoms with Gasteiger partial charge in [0.25, 0.3) is 0 Å². The molecule has 1 atom stereocenters. The summed E-state index contributed by atoms with van der Waals surface area (Å²) in [6.45, 7) is 2.16. The third-order valence-corrected chi connectivity index (χ3v) is 3.67. The van der Waals surface area contributed by atoms with Crippen molar-refractivity contribution in [3.63, 3.8) is 0 Å². The topological polar surface area (TPSA) is 48.1 Å². The molecule has 0 saturated heterocycles. The van der Waals surface area contributed by atoms with Crippen LogP contribution in [-0.4, -0.2) is 17.6 Å². The molecule has 1 aliphatic rings. The highest BCUT2D eigenvalue weighted by Gasteiger charge is 2.36. The average Bonchev–Trinajstić information content (AvgIpc) is 2.88. The predicted molar refractivity (Wildman–Crippen MR) is 76.6 cm³/mol. The third kappa shape index (κ3) is 2.54. The third-order valence-electron chi connectivity index (χ3n) is 3.67. The normalized spacial score (nSPS) is 17.2. The summed E-state index contributed by atoms with van der Waals surface area (Å²) in [5.41, 5.74) is 6.88. The number of benzene rings is 1. The first-order valence-electron chi connectivity index (χ1n) is 6.93. The second kappa shape index (κ2) is 5.28. The van der Waals surface area contributed by atoms with Crippen LogP contribution < -0.4 is 10.5 Å². The van der Waals surface area contributed by atoms with Gasteiger partial charge in [-0.3, -0.25) is 4.98 Å². The molecule has 1 aromatic heterocycles. The fraction of sp³-hybridized carbons (Fsp3) is 0.312. The SMILES string of the molecule is Cc1cc2c(c(-c3ncccc3C(F)(F)F)c1)O[C@H](CN)C2. The minimum atomic E-state index is -4.47. The van der Waals surface area contributed by atoms with E-state index in [9.17, 15) is 13.2 Å². The highest BCUT2D eigenvalue weighted by molar-refractivity contribution is 5.74. The number of pyridine rings is 1. The van der Waals surface area contributed by atoms with E-state index in [1.165, 1.54) is 12.3 Å². The first-order chi connectivity index (χ1) is 10.4. The maximum absolute atomic E-state index is 13.2. The molecule has 3 rings (SSSR count). The molecule has 2 aromatic rings. The first kappa shape index (κ1) is 14.8. The molecule has 1 aromatic carbocycles. The number of nitrogens with two attached hydrogens (primary N) is 1. The summed E-state index contributed by atoms with van der Waals surface area (Å²) < 4.78 is 45.4. The van der Waals surface area contributed by atoms with Crippen molar-refractivity contribution in [1.82, 2.24) is 4.98 Å². The quantitative estimate of drug-likeness (QED) is 0.925. The lowest BCUT2D eigenvalue weighted by Gasteiger charge is -2.15. The fourth-order valence-electron chi connectivity index (χ4n) is 2.75. The number of hydrogen-bond acceptors (Lipinski definition) is 3. The minimum absolute atomic E-state index is 0.104. The molecule has 0 spiro atoms. The maximum atomic E-state index is 13.2. The Bertz CT molecular complexity index is 713. The van der Waals surface area contributed by atoms with Crippen molar-refractivity contribution in [3.05, 3.63) is 47.2 Å². The van der Waals surface area contributed by atoms with Gasteiger partial charge in [-0.15, -0.1) is 0 Å². The molecule has 6 heteroatoms. The van der Waals surface area contributed by atoms with Gasteiger partial charge in [0.05, 0.1) is 11.3 Å². The Labute approximate surface area is 125 Å². The zero-order valence-electron chi connectivity index (χ0n) is 11.9. The lowest BCUT2D eigenvalue weighted by Crippen LogP contribution is -2.24. The monoisotopic (exact) mass is 308 g/mol. The largest absolute Gasteiger partial charge is 0.488 e. The van der Waals surface area contributed by atoms with Crippen LogP contribution in [-0.2, 0) is 12.6 Å². The molecule has 0 bridgehead atoms. The van der Waals surface area contributed by atoms with E-state index in [0.717, 1.165) is 17.2 Å². The van der Waals surface area contributed by atoms with E-state index >= 15 is 0 Å². The summed E-state index contributed by atoms with van der Waals surface area (Å²) in [6, 6.07) is 5.91. The molecule has 0 saturated carbocycles. The number of aromatic nitrogens is 1. The second-order valence-electron chi connectivity index (χ2n) is 5.38. The van der Waals surface area contributed by atoms with Crippen molar-refractivity contribution in [2.75, 3.05) is 6.54 Å². The number of rotatable bonds is 2. The van der Waals surface area contributed by atoms with Crippen molar-refractivity contribution in [2.24, 2.45) is 5.73 Å². The van der Waals surface area contributed by atoms with Crippen LogP contribution in [0.3, 0.4) is 0 Å². The molecule has 22 heavy (non-hydrogen) atoms. The minimum Gasteiger partial charge on any atom is -0.488 e. The lowest BCUT2D eigenvalue weighted by molar-refractivity contribution is -0.137. The number of ether oxygens (including phenoxy) is 1. The van der Waals surface area contributed by atoms with Gasteiger partial charge in [0, 0.05) is 24.7 Å². The summed E-state index contributed by atoms with van der Waals surface area (Å²) >= 11 is 0. The van der Waals surface area contributed by atoms with Gasteiger partial charge in [-0.25, -0.2) is 0 Å². The fourth-order valence-corrected chi connectivity index (χ4v) is 2.75. The molecule has 0 radical (unpaired) electrons. The Kier molecular flexibility index (Phi) is 3.56. The highest BCUT2D eigenvalue weighted by atomic mass is 19.4. The molecule has 3 nitrogen and oxygen atoms in total. The summed E-state index contributed by atoms with van der Waals surface area (Å²) in [6.07, 6.45) is -2.70. The predicted octanol–water partition coefficient (Wildman–Crippen LogP) is 3.34. The van der Waals surface area contributed by atoms with Gasteiger partial charge in [0.15, 0.2) is 0 Å². The van der Waals surface area contributed by atoms with E-state index in [1.54, 1.807) is 6.07 Å². The molecule has 1 aliphatic heterocycles. The molecule has 0 unspecified atom stereocenters. The van der Waals surface area contributed by atoms with Crippen LogP contribution in [0.4, 0.5) is 13.2 Å². The Balaban J connectivity index is 2.20. The van der Waals surface area contributed by atoms with Crippen LogP contribution in [0.1, 0.15) is 16.7 Å². The Morgan fingerprint density at radius 2 is 2.14 bits per heavy atom. The van der Waals surface area contributed by atoms with Gasteiger partial charge in [0.2, 0.25) is 0 Å². The molecule has 2 N–H and O–H groups in total. The van der Waals surface area contributed by atoms with E-state index in [2.05, 4.69) is 4.98 Å². The number of hydrogen-bond donors (Lipinski definition) is 1. The van der Waals surface area contributed by atoms with Crippen molar-refractivity contribution in [1.29, 1.82) is 0 Å². The van der Waals surface area contributed by atoms with Gasteiger partial charge in [-0.1, -0.05) is 6.07 Å². The molecular weight excluding hydrogens is 293 g/mol. The number of alkyl halides is 3. The summed E-state index contributed by atoms with van der Waals surface area (Å²) in [4.78, 5) is 3.95. The van der Waals surface area contributed by atoms with E-state index in [-0.39, 0.29) is 11.8 Å². The Morgan fingerprint density at radius 1 is 1.36 bits per heavy atom. The summed E-state index contributed by atoms with van der Waals surface area (Å²) in [7, 11) is 0. The molecule has 116 valence electrons. The lowest BCUT2D eigenvalue weighted by atomic mass is 9.98. The van der Waals surface area contributed by atoms with Gasteiger partial charge >= 0.3 is 6.18 Å². The number of aryl methyl sites for hydroxylation is 1. The van der Waals surface area contributed by atoms with Crippen LogP contribution >= 0.6 is 0 Å². The number of halogens is 3. The standard InChI is InChI=1S/C16H15F3N2O/c1-9-5-10-7-11(8-20)22-15(10)12(6-9)14-13(16(17,18)19)3-2-4-21-14/h2-6,11H,7-8,20H2,1H3/t11-/m0/s1. The van der Waals surface area contributed by atoms with Crippen LogP contribution in [0.25, 0.3) is 11.3 Å². The first-order valence-corrected chi connectivity index (χ1v) is 6.93. The zero-order valence-corrected chi connectivity index (χ0v) is 11.9. The van der Waals surface area contributed by atoms with E-state index < -0.39 is 11.7 Å². The van der Waals surface area contributed by atoms with Crippen molar-refractivity contribution in [2.45, 2.75) is 25.6 Å². The van der Waals surface area contributed by atoms with Gasteiger partial charge in [0.1, 0.15) is 11.9 Å². The van der Waals surface area contributed by atoms with Crippen LogP contribution in [0.2, 0.25) is 0 Å². The summed E-state index contributed by atoms with van der Waals surface area (Å²) in [5.74, 6) is 0.463. The number of fused-ring (bicyclic) bond motifs is 1. The van der Waals surface area contributed by atoms with Gasteiger partial charge in [-0.05, 0) is 36.2 Å². The molecule has 0 aliphatic carbocycles.